The highest BCUT2D eigenvalue weighted by molar-refractivity contribution is 6.01. The minimum atomic E-state index is -0.606. The van der Waals surface area contributed by atoms with Crippen molar-refractivity contribution >= 4 is 11.6 Å². The van der Waals surface area contributed by atoms with Crippen LogP contribution in [-0.2, 0) is 0 Å². The molecule has 0 spiro atoms. The summed E-state index contributed by atoms with van der Waals surface area (Å²) in [6.45, 7) is 0. The summed E-state index contributed by atoms with van der Waals surface area (Å²) in [5.74, 6) is -1.14. The van der Waals surface area contributed by atoms with E-state index in [1.54, 1.807) is 0 Å². The van der Waals surface area contributed by atoms with Crippen LogP contribution in [0.4, 0.5) is 10.1 Å². The molecule has 0 aliphatic rings. The number of carbonyl (C=O) groups excluding carboxylic acids is 1. The molecule has 2 rings (SSSR count). The predicted molar refractivity (Wildman–Crippen MR) is 48.5 cm³/mol. The topological polar surface area (TPSA) is 83.6 Å². The number of aromatic nitrogens is 4. The van der Waals surface area contributed by atoms with Crippen LogP contribution in [0.5, 0.6) is 0 Å². The Bertz CT molecular complexity index is 470. The Kier molecular flexibility index (Phi) is 2.36. The van der Waals surface area contributed by atoms with Gasteiger partial charge in [-0.1, -0.05) is 0 Å². The Morgan fingerprint density at radius 2 is 2.40 bits per heavy atom. The van der Waals surface area contributed by atoms with Gasteiger partial charge in [-0.15, -0.1) is 0 Å². The van der Waals surface area contributed by atoms with Crippen molar-refractivity contribution in [3.63, 3.8) is 0 Å². The van der Waals surface area contributed by atoms with Gasteiger partial charge in [-0.05, 0) is 6.07 Å². The lowest BCUT2D eigenvalue weighted by atomic mass is 10.4. The summed E-state index contributed by atoms with van der Waals surface area (Å²) in [5, 5.41) is 8.19. The molecule has 6 nitrogen and oxygen atoms in total. The molecule has 0 aliphatic carbocycles. The molecule has 2 heterocycles. The van der Waals surface area contributed by atoms with E-state index in [1.807, 2.05) is 0 Å². The summed E-state index contributed by atoms with van der Waals surface area (Å²) >= 11 is 0. The molecular formula is C8H6FN5O. The van der Waals surface area contributed by atoms with Gasteiger partial charge >= 0.3 is 0 Å². The minimum absolute atomic E-state index is 0.0196. The first-order chi connectivity index (χ1) is 7.27. The van der Waals surface area contributed by atoms with Gasteiger partial charge in [0.15, 0.2) is 5.82 Å². The summed E-state index contributed by atoms with van der Waals surface area (Å²) in [4.78, 5) is 18.6. The summed E-state index contributed by atoms with van der Waals surface area (Å²) in [6, 6.07) is 1.35. The number of anilines is 1. The number of pyridine rings is 1. The van der Waals surface area contributed by atoms with Crippen molar-refractivity contribution in [1.29, 1.82) is 0 Å². The zero-order chi connectivity index (χ0) is 10.7. The average molecular weight is 207 g/mol. The molecule has 0 saturated heterocycles. The van der Waals surface area contributed by atoms with Crippen LogP contribution in [0.25, 0.3) is 0 Å². The van der Waals surface area contributed by atoms with E-state index >= 15 is 0 Å². The van der Waals surface area contributed by atoms with E-state index in [4.69, 9.17) is 0 Å². The Labute approximate surface area is 83.6 Å². The zero-order valence-corrected chi connectivity index (χ0v) is 7.44. The molecule has 15 heavy (non-hydrogen) atoms. The second kappa shape index (κ2) is 3.82. The molecule has 0 bridgehead atoms. The number of H-pyrrole nitrogens is 1. The molecule has 2 aromatic heterocycles. The van der Waals surface area contributed by atoms with Gasteiger partial charge in [0.25, 0.3) is 5.91 Å². The summed E-state index contributed by atoms with van der Waals surface area (Å²) in [7, 11) is 0. The van der Waals surface area contributed by atoms with Crippen LogP contribution < -0.4 is 5.32 Å². The van der Waals surface area contributed by atoms with Crippen molar-refractivity contribution in [3.8, 4) is 0 Å². The lowest BCUT2D eigenvalue weighted by Gasteiger charge is -2.02. The molecule has 0 atom stereocenters. The van der Waals surface area contributed by atoms with Crippen molar-refractivity contribution in [1.82, 2.24) is 20.2 Å². The summed E-state index contributed by atoms with van der Waals surface area (Å²) < 4.78 is 13.1. The van der Waals surface area contributed by atoms with E-state index in [9.17, 15) is 9.18 Å². The Morgan fingerprint density at radius 1 is 1.53 bits per heavy atom. The highest BCUT2D eigenvalue weighted by Gasteiger charge is 2.10. The van der Waals surface area contributed by atoms with Crippen molar-refractivity contribution in [2.75, 3.05) is 5.32 Å². The van der Waals surface area contributed by atoms with Crippen LogP contribution >= 0.6 is 0 Å². The van der Waals surface area contributed by atoms with E-state index in [-0.39, 0.29) is 11.5 Å². The van der Waals surface area contributed by atoms with E-state index in [0.717, 1.165) is 6.20 Å². The number of amides is 1. The van der Waals surface area contributed by atoms with E-state index in [1.165, 1.54) is 18.6 Å². The molecule has 2 N–H and O–H groups in total. The molecule has 2 aromatic rings. The fourth-order valence-corrected chi connectivity index (χ4v) is 0.973. The third-order valence-corrected chi connectivity index (χ3v) is 1.65. The maximum atomic E-state index is 13.1. The molecule has 1 amide bonds. The van der Waals surface area contributed by atoms with Gasteiger partial charge in [0, 0.05) is 6.20 Å². The fourth-order valence-electron chi connectivity index (χ4n) is 0.973. The van der Waals surface area contributed by atoms with E-state index in [2.05, 4.69) is 25.5 Å². The van der Waals surface area contributed by atoms with Gasteiger partial charge in [-0.25, -0.2) is 9.37 Å². The highest BCUT2D eigenvalue weighted by Crippen LogP contribution is 2.11. The van der Waals surface area contributed by atoms with Gasteiger partial charge in [0.1, 0.15) is 6.33 Å². The number of halogens is 1. The third kappa shape index (κ3) is 1.96. The number of nitrogens with zero attached hydrogens (tertiary/aromatic N) is 3. The number of nitrogens with one attached hydrogen (secondary N) is 2. The molecule has 76 valence electrons. The van der Waals surface area contributed by atoms with E-state index < -0.39 is 11.7 Å². The molecular weight excluding hydrogens is 201 g/mol. The quantitative estimate of drug-likeness (QED) is 0.754. The number of aromatic amines is 1. The largest absolute Gasteiger partial charge is 0.317 e. The highest BCUT2D eigenvalue weighted by atomic mass is 19.1. The maximum Gasteiger partial charge on any atom is 0.293 e. The van der Waals surface area contributed by atoms with Crippen LogP contribution in [0.15, 0.2) is 24.8 Å². The summed E-state index contributed by atoms with van der Waals surface area (Å²) in [5.41, 5.74) is 0.0476. The van der Waals surface area contributed by atoms with Gasteiger partial charge < -0.3 is 5.32 Å². The Morgan fingerprint density at radius 3 is 3.07 bits per heavy atom. The first kappa shape index (κ1) is 9.25. The SMILES string of the molecule is O=C(Nc1ccncc1F)c1ncn[nH]1. The first-order valence-corrected chi connectivity index (χ1v) is 4.03. The maximum absolute atomic E-state index is 13.1. The minimum Gasteiger partial charge on any atom is -0.317 e. The second-order valence-corrected chi connectivity index (χ2v) is 2.64. The summed E-state index contributed by atoms with van der Waals surface area (Å²) in [6.07, 6.45) is 3.58. The Hall–Kier alpha value is -2.31. The predicted octanol–water partition coefficient (Wildman–Crippen LogP) is 0.591. The standard InChI is InChI=1S/C8H6FN5O/c9-5-3-10-2-1-6(5)13-8(15)7-11-4-12-14-7/h1-4H,(H,10,13,15)(H,11,12,14). The molecule has 7 heteroatoms. The van der Waals surface area contributed by atoms with Crippen LogP contribution in [0.1, 0.15) is 10.6 Å². The van der Waals surface area contributed by atoms with E-state index in [0.29, 0.717) is 0 Å². The molecule has 0 unspecified atom stereocenters. The first-order valence-electron chi connectivity index (χ1n) is 4.03. The van der Waals surface area contributed by atoms with Gasteiger partial charge in [0.05, 0.1) is 11.9 Å². The number of rotatable bonds is 2. The average Bonchev–Trinajstić information content (AvgIpc) is 2.74. The lowest BCUT2D eigenvalue weighted by Crippen LogP contribution is -2.14. The third-order valence-electron chi connectivity index (χ3n) is 1.65. The molecule has 0 saturated carbocycles. The smallest absolute Gasteiger partial charge is 0.293 e. The normalized spacial score (nSPS) is 9.93. The fraction of sp³-hybridized carbons (Fsp3) is 0. The Balaban J connectivity index is 2.17. The number of hydrogen-bond acceptors (Lipinski definition) is 4. The molecule has 0 fully saturated rings. The molecule has 0 aromatic carbocycles. The van der Waals surface area contributed by atoms with Crippen molar-refractivity contribution in [2.45, 2.75) is 0 Å². The van der Waals surface area contributed by atoms with Crippen molar-refractivity contribution < 1.29 is 9.18 Å². The van der Waals surface area contributed by atoms with Crippen molar-refractivity contribution in [2.24, 2.45) is 0 Å². The van der Waals surface area contributed by atoms with Crippen molar-refractivity contribution in [3.05, 3.63) is 36.4 Å². The lowest BCUT2D eigenvalue weighted by molar-refractivity contribution is 0.101. The number of hydrogen-bond donors (Lipinski definition) is 2. The molecule has 0 aliphatic heterocycles. The van der Waals surface area contributed by atoms with Crippen LogP contribution in [0.2, 0.25) is 0 Å². The zero-order valence-electron chi connectivity index (χ0n) is 7.44. The van der Waals surface area contributed by atoms with Gasteiger partial charge in [-0.3, -0.25) is 14.9 Å². The van der Waals surface area contributed by atoms with Crippen LogP contribution in [0.3, 0.4) is 0 Å². The number of carbonyl (C=O) groups is 1. The molecule has 0 radical (unpaired) electrons. The van der Waals surface area contributed by atoms with Crippen LogP contribution in [0, 0.1) is 5.82 Å². The van der Waals surface area contributed by atoms with Gasteiger partial charge in [-0.2, -0.15) is 5.10 Å². The van der Waals surface area contributed by atoms with Crippen LogP contribution in [-0.4, -0.2) is 26.1 Å². The second-order valence-electron chi connectivity index (χ2n) is 2.64. The monoisotopic (exact) mass is 207 g/mol. The van der Waals surface area contributed by atoms with Gasteiger partial charge in [0.2, 0.25) is 5.82 Å².